The van der Waals surface area contributed by atoms with Crippen LogP contribution in [0.1, 0.15) is 29.6 Å². The van der Waals surface area contributed by atoms with Crippen molar-refractivity contribution in [2.75, 3.05) is 31.6 Å². The maximum absolute atomic E-state index is 13.2. The summed E-state index contributed by atoms with van der Waals surface area (Å²) in [5, 5.41) is 9.29. The zero-order valence-electron chi connectivity index (χ0n) is 16.6. The summed E-state index contributed by atoms with van der Waals surface area (Å²) >= 11 is 0. The fraction of sp³-hybridized carbons (Fsp3) is 0.391. The molecular weight excluding hydrogens is 371 g/mol. The Morgan fingerprint density at radius 1 is 1.10 bits per heavy atom. The van der Waals surface area contributed by atoms with E-state index in [0.717, 1.165) is 18.7 Å². The highest BCUT2D eigenvalue weighted by atomic mass is 19.1. The Hall–Kier alpha value is -2.89. The highest BCUT2D eigenvalue weighted by molar-refractivity contribution is 5.94. The van der Waals surface area contributed by atoms with Crippen LogP contribution in [0.5, 0.6) is 0 Å². The lowest BCUT2D eigenvalue weighted by Gasteiger charge is -2.39. The molecule has 0 bridgehead atoms. The van der Waals surface area contributed by atoms with E-state index in [1.54, 1.807) is 4.90 Å². The van der Waals surface area contributed by atoms with Crippen molar-refractivity contribution in [1.82, 2.24) is 4.90 Å². The monoisotopic (exact) mass is 398 g/mol. The van der Waals surface area contributed by atoms with E-state index in [-0.39, 0.29) is 30.0 Å². The van der Waals surface area contributed by atoms with Gasteiger partial charge in [0.15, 0.2) is 0 Å². The van der Waals surface area contributed by atoms with Gasteiger partial charge in [0, 0.05) is 44.4 Å². The molecule has 2 aromatic rings. The van der Waals surface area contributed by atoms with Crippen molar-refractivity contribution in [2.24, 2.45) is 11.8 Å². The molecule has 0 spiro atoms. The van der Waals surface area contributed by atoms with Gasteiger partial charge in [0.2, 0.25) is 0 Å². The maximum Gasteiger partial charge on any atom is 0.303 e. The second kappa shape index (κ2) is 9.54. The molecule has 0 aliphatic carbocycles. The summed E-state index contributed by atoms with van der Waals surface area (Å²) in [6.07, 6.45) is 1.59. The molecule has 0 radical (unpaired) electrons. The van der Waals surface area contributed by atoms with Crippen LogP contribution in [0, 0.1) is 17.7 Å². The van der Waals surface area contributed by atoms with E-state index < -0.39 is 5.97 Å². The fourth-order valence-corrected chi connectivity index (χ4v) is 4.03. The number of aliphatic carboxylic acids is 1. The van der Waals surface area contributed by atoms with E-state index in [9.17, 15) is 19.1 Å². The Kier molecular flexibility index (Phi) is 6.86. The smallest absolute Gasteiger partial charge is 0.303 e. The predicted octanol–water partition coefficient (Wildman–Crippen LogP) is 3.91. The number of amides is 1. The largest absolute Gasteiger partial charge is 0.481 e. The van der Waals surface area contributed by atoms with Gasteiger partial charge in [-0.15, -0.1) is 0 Å². The molecule has 1 aliphatic heterocycles. The number of nitrogens with zero attached hydrogens (tertiary/aromatic N) is 2. The van der Waals surface area contributed by atoms with Crippen LogP contribution in [0.3, 0.4) is 0 Å². The number of hydrogen-bond donors (Lipinski definition) is 1. The molecule has 1 aliphatic rings. The molecule has 0 aromatic heterocycles. The molecular formula is C23H27FN2O3. The number of carbonyl (C=O) groups excluding carboxylic acids is 1. The highest BCUT2D eigenvalue weighted by Crippen LogP contribution is 2.30. The number of piperidine rings is 1. The van der Waals surface area contributed by atoms with Crippen LogP contribution in [-0.2, 0) is 4.79 Å². The number of likely N-dealkylation sites (tertiary alicyclic amines) is 1. The Morgan fingerprint density at radius 2 is 1.79 bits per heavy atom. The molecule has 3 rings (SSSR count). The minimum absolute atomic E-state index is 0.0499. The van der Waals surface area contributed by atoms with Crippen LogP contribution in [0.2, 0.25) is 0 Å². The quantitative estimate of drug-likeness (QED) is 0.768. The van der Waals surface area contributed by atoms with E-state index in [2.05, 4.69) is 4.90 Å². The van der Waals surface area contributed by atoms with E-state index >= 15 is 0 Å². The van der Waals surface area contributed by atoms with Crippen LogP contribution in [0.4, 0.5) is 10.1 Å². The molecule has 1 heterocycles. The first-order valence-corrected chi connectivity index (χ1v) is 9.97. The average Bonchev–Trinajstić information content (AvgIpc) is 2.73. The summed E-state index contributed by atoms with van der Waals surface area (Å²) < 4.78 is 13.2. The molecule has 1 fully saturated rings. The first-order chi connectivity index (χ1) is 13.9. The average molecular weight is 398 g/mol. The molecule has 1 saturated heterocycles. The van der Waals surface area contributed by atoms with Gasteiger partial charge in [0.25, 0.3) is 5.91 Å². The molecule has 5 nitrogen and oxygen atoms in total. The van der Waals surface area contributed by atoms with Gasteiger partial charge in [0.1, 0.15) is 5.82 Å². The van der Waals surface area contributed by atoms with Crippen molar-refractivity contribution in [3.63, 3.8) is 0 Å². The lowest BCUT2D eigenvalue weighted by molar-refractivity contribution is -0.139. The second-order valence-corrected chi connectivity index (χ2v) is 7.71. The third kappa shape index (κ3) is 5.56. The van der Waals surface area contributed by atoms with Gasteiger partial charge < -0.3 is 14.9 Å². The minimum atomic E-state index is -0.797. The SMILES string of the molecule is CN(CCC1CN(C(=O)c2ccc(F)cc2)CCC1CC(=O)O)c1ccccc1. The molecule has 2 atom stereocenters. The summed E-state index contributed by atoms with van der Waals surface area (Å²) in [5.74, 6) is -1.14. The van der Waals surface area contributed by atoms with Crippen LogP contribution < -0.4 is 4.90 Å². The number of halogens is 1. The zero-order valence-corrected chi connectivity index (χ0v) is 16.6. The third-order valence-electron chi connectivity index (χ3n) is 5.74. The summed E-state index contributed by atoms with van der Waals surface area (Å²) in [7, 11) is 2.02. The number of anilines is 1. The zero-order chi connectivity index (χ0) is 20.8. The van der Waals surface area contributed by atoms with Gasteiger partial charge >= 0.3 is 5.97 Å². The Bertz CT molecular complexity index is 826. The van der Waals surface area contributed by atoms with E-state index in [1.165, 1.54) is 24.3 Å². The fourth-order valence-electron chi connectivity index (χ4n) is 4.03. The molecule has 2 aromatic carbocycles. The van der Waals surface area contributed by atoms with Crippen LogP contribution in [0.25, 0.3) is 0 Å². The summed E-state index contributed by atoms with van der Waals surface area (Å²) in [6.45, 7) is 1.83. The van der Waals surface area contributed by atoms with Crippen LogP contribution in [-0.4, -0.2) is 48.6 Å². The van der Waals surface area contributed by atoms with Gasteiger partial charge in [-0.25, -0.2) is 4.39 Å². The number of rotatable bonds is 7. The van der Waals surface area contributed by atoms with Gasteiger partial charge in [-0.2, -0.15) is 0 Å². The molecule has 1 amide bonds. The van der Waals surface area contributed by atoms with Gasteiger partial charge in [-0.05, 0) is 61.1 Å². The number of para-hydroxylation sites is 1. The van der Waals surface area contributed by atoms with Crippen LogP contribution >= 0.6 is 0 Å². The van der Waals surface area contributed by atoms with E-state index in [0.29, 0.717) is 25.1 Å². The number of carboxylic acid groups (broad SMARTS) is 1. The minimum Gasteiger partial charge on any atom is -0.481 e. The summed E-state index contributed by atoms with van der Waals surface area (Å²) in [5.41, 5.74) is 1.57. The first-order valence-electron chi connectivity index (χ1n) is 9.97. The van der Waals surface area contributed by atoms with Crippen LogP contribution in [0.15, 0.2) is 54.6 Å². The Balaban J connectivity index is 1.67. The standard InChI is InChI=1S/C23H27FN2O3/c1-25(21-5-3-2-4-6-21)13-11-19-16-26(14-12-18(19)15-22(27)28)23(29)17-7-9-20(24)10-8-17/h2-10,18-19H,11-16H2,1H3,(H,27,28). The molecule has 6 heteroatoms. The Labute approximate surface area is 170 Å². The summed E-state index contributed by atoms with van der Waals surface area (Å²) in [4.78, 5) is 28.1. The number of carbonyl (C=O) groups is 2. The highest BCUT2D eigenvalue weighted by Gasteiger charge is 2.33. The Morgan fingerprint density at radius 3 is 2.45 bits per heavy atom. The second-order valence-electron chi connectivity index (χ2n) is 7.71. The van der Waals surface area contributed by atoms with E-state index in [4.69, 9.17) is 0 Å². The number of hydrogen-bond acceptors (Lipinski definition) is 3. The number of benzene rings is 2. The molecule has 0 saturated carbocycles. The molecule has 29 heavy (non-hydrogen) atoms. The molecule has 2 unspecified atom stereocenters. The lowest BCUT2D eigenvalue weighted by Crippen LogP contribution is -2.45. The summed E-state index contributed by atoms with van der Waals surface area (Å²) in [6, 6.07) is 15.6. The topological polar surface area (TPSA) is 60.9 Å². The van der Waals surface area contributed by atoms with Crippen molar-refractivity contribution in [1.29, 1.82) is 0 Å². The number of carboxylic acids is 1. The van der Waals surface area contributed by atoms with Crippen molar-refractivity contribution in [3.05, 3.63) is 66.0 Å². The van der Waals surface area contributed by atoms with Crippen molar-refractivity contribution in [2.45, 2.75) is 19.3 Å². The first kappa shape index (κ1) is 20.8. The molecule has 1 N–H and O–H groups in total. The molecule has 154 valence electrons. The van der Waals surface area contributed by atoms with E-state index in [1.807, 2.05) is 37.4 Å². The maximum atomic E-state index is 13.2. The van der Waals surface area contributed by atoms with Gasteiger partial charge in [-0.1, -0.05) is 18.2 Å². The van der Waals surface area contributed by atoms with Crippen molar-refractivity contribution < 1.29 is 19.1 Å². The lowest BCUT2D eigenvalue weighted by atomic mass is 9.81. The van der Waals surface area contributed by atoms with Crippen molar-refractivity contribution >= 4 is 17.6 Å². The normalized spacial score (nSPS) is 19.0. The van der Waals surface area contributed by atoms with Gasteiger partial charge in [-0.3, -0.25) is 9.59 Å². The predicted molar refractivity (Wildman–Crippen MR) is 110 cm³/mol. The van der Waals surface area contributed by atoms with Crippen molar-refractivity contribution in [3.8, 4) is 0 Å². The third-order valence-corrected chi connectivity index (χ3v) is 5.74. The van der Waals surface area contributed by atoms with Gasteiger partial charge in [0.05, 0.1) is 0 Å².